The fourth-order valence-corrected chi connectivity index (χ4v) is 4.14. The number of nitrogens with zero attached hydrogens (tertiary/aromatic N) is 1. The van der Waals surface area contributed by atoms with Crippen molar-refractivity contribution < 1.29 is 23.5 Å². The highest BCUT2D eigenvalue weighted by Crippen LogP contribution is 2.35. The summed E-state index contributed by atoms with van der Waals surface area (Å²) in [5.74, 6) is -0.0578. The van der Waals surface area contributed by atoms with Gasteiger partial charge in [-0.15, -0.1) is 0 Å². The number of amides is 2. The number of thioether (sulfide) groups is 1. The van der Waals surface area contributed by atoms with Crippen LogP contribution in [0, 0.1) is 0 Å². The third kappa shape index (κ3) is 4.28. The van der Waals surface area contributed by atoms with Gasteiger partial charge in [0, 0.05) is 16.7 Å². The third-order valence-electron chi connectivity index (χ3n) is 4.66. The molecule has 2 amide bonds. The summed E-state index contributed by atoms with van der Waals surface area (Å²) in [6, 6.07) is 17.3. The third-order valence-corrected chi connectivity index (χ3v) is 5.93. The van der Waals surface area contributed by atoms with Crippen molar-refractivity contribution in [1.82, 2.24) is 4.90 Å². The topological polar surface area (TPSA) is 76.8 Å². The van der Waals surface area contributed by atoms with Gasteiger partial charge in [-0.25, -0.2) is 4.79 Å². The minimum atomic E-state index is -0.478. The summed E-state index contributed by atoms with van der Waals surface area (Å²) in [6.45, 7) is 0.0948. The van der Waals surface area contributed by atoms with Gasteiger partial charge in [0.1, 0.15) is 11.5 Å². The van der Waals surface area contributed by atoms with Crippen LogP contribution in [0.4, 0.5) is 4.79 Å². The Hall–Kier alpha value is -3.29. The molecule has 1 saturated heterocycles. The molecule has 1 aliphatic rings. The van der Waals surface area contributed by atoms with E-state index < -0.39 is 11.9 Å². The van der Waals surface area contributed by atoms with Crippen LogP contribution in [0.25, 0.3) is 17.4 Å². The van der Waals surface area contributed by atoms with E-state index in [1.807, 2.05) is 0 Å². The molecule has 0 N–H and O–H groups in total. The Morgan fingerprint density at radius 3 is 2.61 bits per heavy atom. The SMILES string of the molecule is COC(=O)c1ccccc1-c1ccc(/C=C2\SC(=O)N(Cc3ccccc3Cl)C2=O)o1. The monoisotopic (exact) mass is 453 g/mol. The Kier molecular flexibility index (Phi) is 5.97. The Labute approximate surface area is 187 Å². The van der Waals surface area contributed by atoms with E-state index in [0.29, 0.717) is 33.2 Å². The Balaban J connectivity index is 1.58. The summed E-state index contributed by atoms with van der Waals surface area (Å²) in [6.07, 6.45) is 1.52. The van der Waals surface area contributed by atoms with Crippen molar-refractivity contribution in [3.63, 3.8) is 0 Å². The van der Waals surface area contributed by atoms with Crippen LogP contribution in [0.5, 0.6) is 0 Å². The molecule has 0 atom stereocenters. The molecule has 0 unspecified atom stereocenters. The maximum Gasteiger partial charge on any atom is 0.338 e. The van der Waals surface area contributed by atoms with Crippen LogP contribution >= 0.6 is 23.4 Å². The van der Waals surface area contributed by atoms with E-state index in [4.69, 9.17) is 20.8 Å². The van der Waals surface area contributed by atoms with E-state index >= 15 is 0 Å². The molecule has 2 aromatic carbocycles. The average molecular weight is 454 g/mol. The van der Waals surface area contributed by atoms with Crippen molar-refractivity contribution in [1.29, 1.82) is 0 Å². The van der Waals surface area contributed by atoms with Crippen molar-refractivity contribution in [2.75, 3.05) is 7.11 Å². The van der Waals surface area contributed by atoms with Gasteiger partial charge in [-0.2, -0.15) is 0 Å². The number of rotatable bonds is 5. The molecule has 1 fully saturated rings. The number of hydrogen-bond acceptors (Lipinski definition) is 6. The van der Waals surface area contributed by atoms with Crippen molar-refractivity contribution in [2.24, 2.45) is 0 Å². The molecule has 3 aromatic rings. The molecule has 0 aliphatic carbocycles. The van der Waals surface area contributed by atoms with Gasteiger partial charge in [0.25, 0.3) is 11.1 Å². The zero-order valence-corrected chi connectivity index (χ0v) is 17.9. The zero-order chi connectivity index (χ0) is 22.0. The van der Waals surface area contributed by atoms with Gasteiger partial charge in [-0.3, -0.25) is 14.5 Å². The first-order valence-electron chi connectivity index (χ1n) is 9.24. The molecule has 2 heterocycles. The van der Waals surface area contributed by atoms with Gasteiger partial charge in [0.15, 0.2) is 0 Å². The van der Waals surface area contributed by atoms with E-state index in [1.54, 1.807) is 60.7 Å². The Morgan fingerprint density at radius 2 is 1.84 bits per heavy atom. The molecule has 31 heavy (non-hydrogen) atoms. The van der Waals surface area contributed by atoms with E-state index in [0.717, 1.165) is 16.7 Å². The first kappa shape index (κ1) is 21.0. The number of benzene rings is 2. The van der Waals surface area contributed by atoms with Crippen LogP contribution in [-0.2, 0) is 16.1 Å². The largest absolute Gasteiger partial charge is 0.465 e. The van der Waals surface area contributed by atoms with Gasteiger partial charge in [0.2, 0.25) is 0 Å². The lowest BCUT2D eigenvalue weighted by Crippen LogP contribution is -2.27. The Morgan fingerprint density at radius 1 is 1.10 bits per heavy atom. The highest BCUT2D eigenvalue weighted by molar-refractivity contribution is 8.18. The fraction of sp³-hybridized carbons (Fsp3) is 0.0870. The lowest BCUT2D eigenvalue weighted by atomic mass is 10.1. The van der Waals surface area contributed by atoms with Crippen molar-refractivity contribution in [3.8, 4) is 11.3 Å². The predicted molar refractivity (Wildman–Crippen MR) is 118 cm³/mol. The summed E-state index contributed by atoms with van der Waals surface area (Å²) in [4.78, 5) is 38.5. The van der Waals surface area contributed by atoms with Crippen molar-refractivity contribution in [2.45, 2.75) is 6.54 Å². The summed E-state index contributed by atoms with van der Waals surface area (Å²) in [7, 11) is 1.31. The molecule has 0 spiro atoms. The second kappa shape index (κ2) is 8.83. The van der Waals surface area contributed by atoms with Crippen molar-refractivity contribution >= 4 is 46.6 Å². The number of imide groups is 1. The molecule has 0 bridgehead atoms. The number of furan rings is 1. The molecule has 4 rings (SSSR count). The molecule has 1 aliphatic heterocycles. The molecular weight excluding hydrogens is 438 g/mol. The number of methoxy groups -OCH3 is 1. The minimum Gasteiger partial charge on any atom is -0.465 e. The molecule has 0 saturated carbocycles. The summed E-state index contributed by atoms with van der Waals surface area (Å²) >= 11 is 6.99. The highest BCUT2D eigenvalue weighted by atomic mass is 35.5. The van der Waals surface area contributed by atoms with Gasteiger partial charge in [0.05, 0.1) is 24.1 Å². The average Bonchev–Trinajstić information content (AvgIpc) is 3.35. The summed E-state index contributed by atoms with van der Waals surface area (Å²) in [5, 5.41) is 0.115. The van der Waals surface area contributed by atoms with Gasteiger partial charge in [-0.1, -0.05) is 48.0 Å². The van der Waals surface area contributed by atoms with Crippen LogP contribution in [0.2, 0.25) is 5.02 Å². The first-order chi connectivity index (χ1) is 15.0. The standard InChI is InChI=1S/C23H16ClNO5S/c1-29-22(27)17-8-4-3-7-16(17)19-11-10-15(30-19)12-20-21(26)25(23(28)31-20)13-14-6-2-5-9-18(14)24/h2-12H,13H2,1H3/b20-12-. The Bertz CT molecular complexity index is 1220. The van der Waals surface area contributed by atoms with E-state index in [9.17, 15) is 14.4 Å². The molecule has 8 heteroatoms. The molecular formula is C23H16ClNO5S. The fourth-order valence-electron chi connectivity index (χ4n) is 3.12. The van der Waals surface area contributed by atoms with E-state index in [2.05, 4.69) is 0 Å². The molecule has 6 nitrogen and oxygen atoms in total. The number of hydrogen-bond donors (Lipinski definition) is 0. The highest BCUT2D eigenvalue weighted by Gasteiger charge is 2.35. The first-order valence-corrected chi connectivity index (χ1v) is 10.4. The second-order valence-corrected chi connectivity index (χ2v) is 8.00. The lowest BCUT2D eigenvalue weighted by molar-refractivity contribution is -0.123. The smallest absolute Gasteiger partial charge is 0.338 e. The predicted octanol–water partition coefficient (Wildman–Crippen LogP) is 5.62. The summed E-state index contributed by atoms with van der Waals surface area (Å²) < 4.78 is 10.6. The van der Waals surface area contributed by atoms with Crippen molar-refractivity contribution in [3.05, 3.63) is 87.5 Å². The number of esters is 1. The number of halogens is 1. The molecule has 0 radical (unpaired) electrons. The number of carbonyl (C=O) groups is 3. The van der Waals surface area contributed by atoms with Crippen LogP contribution in [0.1, 0.15) is 21.7 Å². The quantitative estimate of drug-likeness (QED) is 0.368. The van der Waals surface area contributed by atoms with Crippen LogP contribution < -0.4 is 0 Å². The molecule has 156 valence electrons. The summed E-state index contributed by atoms with van der Waals surface area (Å²) in [5.41, 5.74) is 1.62. The van der Waals surface area contributed by atoms with Crippen LogP contribution in [0.3, 0.4) is 0 Å². The second-order valence-electron chi connectivity index (χ2n) is 6.60. The minimum absolute atomic E-state index is 0.0948. The maximum atomic E-state index is 12.8. The lowest BCUT2D eigenvalue weighted by Gasteiger charge is -2.13. The van der Waals surface area contributed by atoms with Crippen LogP contribution in [-0.4, -0.2) is 29.1 Å². The van der Waals surface area contributed by atoms with Gasteiger partial charge < -0.3 is 9.15 Å². The van der Waals surface area contributed by atoms with Gasteiger partial charge in [-0.05, 0) is 41.6 Å². The maximum absolute atomic E-state index is 12.8. The van der Waals surface area contributed by atoms with Gasteiger partial charge >= 0.3 is 5.97 Å². The van der Waals surface area contributed by atoms with E-state index in [1.165, 1.54) is 13.2 Å². The number of carbonyl (C=O) groups excluding carboxylic acids is 3. The molecule has 1 aromatic heterocycles. The normalized spacial score (nSPS) is 15.0. The zero-order valence-electron chi connectivity index (χ0n) is 16.3. The number of ether oxygens (including phenoxy) is 1. The van der Waals surface area contributed by atoms with E-state index in [-0.39, 0.29) is 16.7 Å². The van der Waals surface area contributed by atoms with Crippen LogP contribution in [0.15, 0.2) is 70.0 Å².